The summed E-state index contributed by atoms with van der Waals surface area (Å²) in [6.45, 7) is 10.4. The van der Waals surface area contributed by atoms with Crippen LogP contribution < -0.4 is 0 Å². The second-order valence-corrected chi connectivity index (χ2v) is 7.58. The molecule has 0 atom stereocenters. The molecular weight excluding hydrogens is 373 g/mol. The number of benzene rings is 1. The first-order chi connectivity index (χ1) is 11.7. The van der Waals surface area contributed by atoms with E-state index in [1.54, 1.807) is 12.3 Å². The number of aliphatic imine (C=N–C) groups is 1. The van der Waals surface area contributed by atoms with Crippen LogP contribution in [0.3, 0.4) is 0 Å². The standard InChI is InChI=1S/C21H26Cl3N/c1-14(2)12-13-25-21(24)16(4)9-6-8-15(3)17(5)18-10-7-11-19(22)20(18)23/h7,9-14H,6,8H2,1-5H3/b13-12-,16-9+,17-15+,25-21+. The van der Waals surface area contributed by atoms with Crippen molar-refractivity contribution >= 4 is 45.5 Å². The number of hydrogen-bond donors (Lipinski definition) is 0. The van der Waals surface area contributed by atoms with Gasteiger partial charge in [-0.25, -0.2) is 4.99 Å². The van der Waals surface area contributed by atoms with Crippen molar-refractivity contribution in [1.29, 1.82) is 0 Å². The number of halogens is 3. The lowest BCUT2D eigenvalue weighted by molar-refractivity contribution is 0.829. The highest BCUT2D eigenvalue weighted by Gasteiger charge is 2.08. The summed E-state index contributed by atoms with van der Waals surface area (Å²) in [6, 6.07) is 5.72. The van der Waals surface area contributed by atoms with Crippen molar-refractivity contribution in [2.75, 3.05) is 0 Å². The molecule has 0 saturated carbocycles. The van der Waals surface area contributed by atoms with Crippen molar-refractivity contribution in [2.45, 2.75) is 47.5 Å². The van der Waals surface area contributed by atoms with E-state index in [1.165, 1.54) is 5.57 Å². The van der Waals surface area contributed by atoms with E-state index in [1.807, 2.05) is 25.1 Å². The van der Waals surface area contributed by atoms with Gasteiger partial charge < -0.3 is 0 Å². The Bertz CT molecular complexity index is 710. The zero-order valence-electron chi connectivity index (χ0n) is 15.5. The molecule has 1 nitrogen and oxygen atoms in total. The van der Waals surface area contributed by atoms with Gasteiger partial charge in [0.05, 0.1) is 10.0 Å². The van der Waals surface area contributed by atoms with E-state index in [4.69, 9.17) is 34.8 Å². The predicted molar refractivity (Wildman–Crippen MR) is 115 cm³/mol. The largest absolute Gasteiger partial charge is 0.245 e. The maximum atomic E-state index is 6.31. The summed E-state index contributed by atoms with van der Waals surface area (Å²) in [4.78, 5) is 4.26. The zero-order valence-corrected chi connectivity index (χ0v) is 17.8. The van der Waals surface area contributed by atoms with Crippen molar-refractivity contribution in [3.63, 3.8) is 0 Å². The molecule has 0 aliphatic carbocycles. The topological polar surface area (TPSA) is 12.4 Å². The fourth-order valence-corrected chi connectivity index (χ4v) is 2.76. The Morgan fingerprint density at radius 3 is 2.48 bits per heavy atom. The van der Waals surface area contributed by atoms with E-state index < -0.39 is 0 Å². The van der Waals surface area contributed by atoms with Gasteiger partial charge in [-0.1, -0.05) is 78.5 Å². The van der Waals surface area contributed by atoms with Crippen molar-refractivity contribution in [2.24, 2.45) is 10.9 Å². The van der Waals surface area contributed by atoms with Crippen molar-refractivity contribution in [3.05, 3.63) is 63.3 Å². The highest BCUT2D eigenvalue weighted by Crippen LogP contribution is 2.32. The third-order valence-electron chi connectivity index (χ3n) is 3.95. The van der Waals surface area contributed by atoms with Crippen LogP contribution in [0.25, 0.3) is 5.57 Å². The van der Waals surface area contributed by atoms with Gasteiger partial charge in [-0.2, -0.15) is 0 Å². The lowest BCUT2D eigenvalue weighted by atomic mass is 9.99. The molecule has 0 heterocycles. The molecule has 1 rings (SSSR count). The van der Waals surface area contributed by atoms with Gasteiger partial charge in [0.25, 0.3) is 0 Å². The smallest absolute Gasteiger partial charge is 0.131 e. The first kappa shape index (κ1) is 22.0. The molecule has 0 bridgehead atoms. The van der Waals surface area contributed by atoms with Crippen LogP contribution in [0.2, 0.25) is 10.0 Å². The van der Waals surface area contributed by atoms with E-state index >= 15 is 0 Å². The van der Waals surface area contributed by atoms with Gasteiger partial charge in [-0.3, -0.25) is 0 Å². The number of rotatable bonds is 7. The Labute approximate surface area is 167 Å². The molecule has 0 spiro atoms. The highest BCUT2D eigenvalue weighted by molar-refractivity contribution is 6.69. The second-order valence-electron chi connectivity index (χ2n) is 6.44. The Balaban J connectivity index is 2.77. The van der Waals surface area contributed by atoms with Crippen molar-refractivity contribution in [3.8, 4) is 0 Å². The monoisotopic (exact) mass is 397 g/mol. The molecule has 0 amide bonds. The van der Waals surface area contributed by atoms with Crippen LogP contribution in [0, 0.1) is 5.92 Å². The first-order valence-electron chi connectivity index (χ1n) is 8.41. The van der Waals surface area contributed by atoms with E-state index in [-0.39, 0.29) is 0 Å². The first-order valence-corrected chi connectivity index (χ1v) is 9.55. The minimum Gasteiger partial charge on any atom is -0.245 e. The lowest BCUT2D eigenvalue weighted by Gasteiger charge is -2.10. The normalized spacial score (nSPS) is 14.4. The molecule has 136 valence electrons. The van der Waals surface area contributed by atoms with Gasteiger partial charge in [0, 0.05) is 6.20 Å². The van der Waals surface area contributed by atoms with Crippen LogP contribution in [0.5, 0.6) is 0 Å². The van der Waals surface area contributed by atoms with E-state index in [9.17, 15) is 0 Å². The zero-order chi connectivity index (χ0) is 19.0. The number of nitrogens with zero attached hydrogens (tertiary/aromatic N) is 1. The third kappa shape index (κ3) is 7.40. The van der Waals surface area contributed by atoms with E-state index in [2.05, 4.69) is 38.8 Å². The van der Waals surface area contributed by atoms with Crippen LogP contribution in [0.4, 0.5) is 0 Å². The van der Waals surface area contributed by atoms with Gasteiger partial charge in [-0.15, -0.1) is 0 Å². The van der Waals surface area contributed by atoms with E-state index in [0.29, 0.717) is 21.1 Å². The molecule has 0 saturated heterocycles. The Kier molecular flexibility index (Phi) is 9.56. The predicted octanol–water partition coefficient (Wildman–Crippen LogP) is 8.32. The summed E-state index contributed by atoms with van der Waals surface area (Å²) in [7, 11) is 0. The minimum atomic E-state index is 0.464. The molecule has 0 aliphatic rings. The van der Waals surface area contributed by atoms with Crippen molar-refractivity contribution < 1.29 is 0 Å². The van der Waals surface area contributed by atoms with Gasteiger partial charge in [0.1, 0.15) is 5.17 Å². The van der Waals surface area contributed by atoms with Gasteiger partial charge in [0.2, 0.25) is 0 Å². The lowest BCUT2D eigenvalue weighted by Crippen LogP contribution is -1.91. The van der Waals surface area contributed by atoms with Gasteiger partial charge in [-0.05, 0) is 62.3 Å². The molecule has 0 fully saturated rings. The number of hydrogen-bond acceptors (Lipinski definition) is 1. The molecule has 0 aliphatic heterocycles. The minimum absolute atomic E-state index is 0.464. The Morgan fingerprint density at radius 2 is 1.84 bits per heavy atom. The molecule has 1 aromatic carbocycles. The van der Waals surface area contributed by atoms with Crippen LogP contribution in [-0.2, 0) is 0 Å². The molecule has 1 aromatic rings. The summed E-state index contributed by atoms with van der Waals surface area (Å²) in [5, 5.41) is 1.73. The quantitative estimate of drug-likeness (QED) is 0.409. The second kappa shape index (κ2) is 10.9. The molecule has 0 N–H and O–H groups in total. The molecule has 0 unspecified atom stereocenters. The third-order valence-corrected chi connectivity index (χ3v) is 5.16. The molecule has 0 aromatic heterocycles. The SMILES string of the molecule is CC(=C\CC/C(C)=C(\C)c1cccc(Cl)c1Cl)/C(Cl)=N\C=C/C(C)C. The van der Waals surface area contributed by atoms with Crippen LogP contribution in [0.15, 0.2) is 52.7 Å². The van der Waals surface area contributed by atoms with Gasteiger partial charge in [0.15, 0.2) is 0 Å². The maximum absolute atomic E-state index is 6.31. The summed E-state index contributed by atoms with van der Waals surface area (Å²) in [5.74, 6) is 0.464. The van der Waals surface area contributed by atoms with Gasteiger partial charge >= 0.3 is 0 Å². The molecular formula is C21H26Cl3N. The molecule has 0 radical (unpaired) electrons. The summed E-state index contributed by atoms with van der Waals surface area (Å²) in [5.41, 5.74) is 4.42. The molecule has 25 heavy (non-hydrogen) atoms. The molecule has 4 heteroatoms. The fraction of sp³-hybridized carbons (Fsp3) is 0.381. The van der Waals surface area contributed by atoms with Crippen molar-refractivity contribution in [1.82, 2.24) is 0 Å². The highest BCUT2D eigenvalue weighted by atomic mass is 35.5. The fourth-order valence-electron chi connectivity index (χ4n) is 2.18. The average molecular weight is 399 g/mol. The van der Waals surface area contributed by atoms with Crippen LogP contribution >= 0.6 is 34.8 Å². The average Bonchev–Trinajstić information content (AvgIpc) is 2.56. The maximum Gasteiger partial charge on any atom is 0.131 e. The summed E-state index contributed by atoms with van der Waals surface area (Å²) in [6.07, 6.45) is 7.72. The van der Waals surface area contributed by atoms with Crippen LogP contribution in [-0.4, -0.2) is 5.17 Å². The van der Waals surface area contributed by atoms with Crippen LogP contribution in [0.1, 0.15) is 53.0 Å². The number of allylic oxidation sites excluding steroid dienone is 5. The summed E-state index contributed by atoms with van der Waals surface area (Å²) < 4.78 is 0. The van der Waals surface area contributed by atoms with E-state index in [0.717, 1.165) is 29.6 Å². The Morgan fingerprint density at radius 1 is 1.16 bits per heavy atom. The Hall–Kier alpha value is -1.02. The summed E-state index contributed by atoms with van der Waals surface area (Å²) >= 11 is 18.6.